The average molecular weight is 279 g/mol. The number of carbonyl (C=O) groups is 1. The van der Waals surface area contributed by atoms with E-state index in [2.05, 4.69) is 10.3 Å². The lowest BCUT2D eigenvalue weighted by atomic mass is 10.1. The second kappa shape index (κ2) is 4.98. The number of rotatable bonds is 2. The molecule has 1 amide bonds. The summed E-state index contributed by atoms with van der Waals surface area (Å²) in [5.41, 5.74) is 11.0. The van der Waals surface area contributed by atoms with Crippen LogP contribution in [0.2, 0.25) is 0 Å². The normalized spacial score (nSPS) is 10.8. The number of H-pyrrole nitrogens is 1. The summed E-state index contributed by atoms with van der Waals surface area (Å²) in [6.07, 6.45) is 0. The predicted octanol–water partition coefficient (Wildman–Crippen LogP) is 3.62. The molecule has 0 spiro atoms. The van der Waals surface area contributed by atoms with Gasteiger partial charge in [0.1, 0.15) is 5.69 Å². The van der Waals surface area contributed by atoms with Crippen LogP contribution < -0.4 is 11.1 Å². The Kier molecular flexibility index (Phi) is 3.14. The number of aromatic amines is 1. The maximum atomic E-state index is 12.3. The molecule has 0 radical (unpaired) electrons. The number of anilines is 2. The molecule has 0 aliphatic heterocycles. The first-order valence-corrected chi connectivity index (χ1v) is 6.80. The number of nitrogens with two attached hydrogens (primary N) is 1. The molecule has 0 fully saturated rings. The summed E-state index contributed by atoms with van der Waals surface area (Å²) in [4.78, 5) is 15.4. The van der Waals surface area contributed by atoms with E-state index in [-0.39, 0.29) is 5.91 Å². The van der Waals surface area contributed by atoms with Gasteiger partial charge in [0.2, 0.25) is 0 Å². The molecule has 4 heteroatoms. The van der Waals surface area contributed by atoms with Gasteiger partial charge in [0.25, 0.3) is 5.91 Å². The molecule has 21 heavy (non-hydrogen) atoms. The highest BCUT2D eigenvalue weighted by molar-refractivity contribution is 6.06. The van der Waals surface area contributed by atoms with Gasteiger partial charge < -0.3 is 16.0 Å². The number of benzene rings is 2. The Labute approximate surface area is 123 Å². The minimum Gasteiger partial charge on any atom is -0.399 e. The number of carbonyl (C=O) groups excluding carboxylic acids is 1. The summed E-state index contributed by atoms with van der Waals surface area (Å²) in [5.74, 6) is -0.159. The zero-order valence-corrected chi connectivity index (χ0v) is 12.0. The fraction of sp³-hybridized carbons (Fsp3) is 0.118. The third-order valence-electron chi connectivity index (χ3n) is 3.65. The second-order valence-electron chi connectivity index (χ2n) is 5.28. The van der Waals surface area contributed by atoms with Crippen LogP contribution in [0.15, 0.2) is 42.5 Å². The first-order valence-electron chi connectivity index (χ1n) is 6.80. The Balaban J connectivity index is 1.87. The number of hydrogen-bond acceptors (Lipinski definition) is 2. The van der Waals surface area contributed by atoms with Crippen LogP contribution in [0.1, 0.15) is 21.6 Å². The van der Waals surface area contributed by atoms with Gasteiger partial charge in [-0.2, -0.15) is 0 Å². The quantitative estimate of drug-likeness (QED) is 0.627. The Bertz CT molecular complexity index is 833. The molecule has 3 aromatic rings. The minimum absolute atomic E-state index is 0.159. The van der Waals surface area contributed by atoms with E-state index in [1.807, 2.05) is 56.3 Å². The maximum absolute atomic E-state index is 12.3. The molecular formula is C17H17N3O. The molecule has 3 rings (SSSR count). The lowest BCUT2D eigenvalue weighted by Gasteiger charge is -2.06. The van der Waals surface area contributed by atoms with Gasteiger partial charge >= 0.3 is 0 Å². The van der Waals surface area contributed by atoms with E-state index in [4.69, 9.17) is 5.73 Å². The number of nitrogen functional groups attached to an aromatic ring is 1. The molecule has 1 aromatic heterocycles. The van der Waals surface area contributed by atoms with Crippen LogP contribution >= 0.6 is 0 Å². The molecule has 1 heterocycles. The molecular weight excluding hydrogens is 262 g/mol. The molecule has 0 aliphatic rings. The Morgan fingerprint density at radius 1 is 1.05 bits per heavy atom. The fourth-order valence-corrected chi connectivity index (χ4v) is 2.29. The highest BCUT2D eigenvalue weighted by Crippen LogP contribution is 2.20. The third-order valence-corrected chi connectivity index (χ3v) is 3.65. The average Bonchev–Trinajstić information content (AvgIpc) is 2.86. The second-order valence-corrected chi connectivity index (χ2v) is 5.28. The van der Waals surface area contributed by atoms with Crippen LogP contribution in [0.3, 0.4) is 0 Å². The predicted molar refractivity (Wildman–Crippen MR) is 86.6 cm³/mol. The summed E-state index contributed by atoms with van der Waals surface area (Å²) >= 11 is 0. The number of amides is 1. The smallest absolute Gasteiger partial charge is 0.272 e. The highest BCUT2D eigenvalue weighted by atomic mass is 16.1. The topological polar surface area (TPSA) is 70.9 Å². The largest absolute Gasteiger partial charge is 0.399 e. The van der Waals surface area contributed by atoms with Crippen LogP contribution in [-0.2, 0) is 0 Å². The van der Waals surface area contributed by atoms with Crippen molar-refractivity contribution < 1.29 is 4.79 Å². The summed E-state index contributed by atoms with van der Waals surface area (Å²) in [6.45, 7) is 4.07. The first-order chi connectivity index (χ1) is 10.0. The Morgan fingerprint density at radius 3 is 2.62 bits per heavy atom. The van der Waals surface area contributed by atoms with E-state index in [0.29, 0.717) is 11.4 Å². The molecule has 0 aliphatic carbocycles. The van der Waals surface area contributed by atoms with Gasteiger partial charge in [0.05, 0.1) is 0 Å². The van der Waals surface area contributed by atoms with Gasteiger partial charge in [-0.3, -0.25) is 4.79 Å². The summed E-state index contributed by atoms with van der Waals surface area (Å²) in [5, 5.41) is 3.83. The summed E-state index contributed by atoms with van der Waals surface area (Å²) in [6, 6.07) is 13.2. The Hall–Kier alpha value is -2.75. The van der Waals surface area contributed by atoms with Crippen molar-refractivity contribution in [1.82, 2.24) is 4.98 Å². The summed E-state index contributed by atoms with van der Waals surface area (Å²) < 4.78 is 0. The zero-order chi connectivity index (χ0) is 15.0. The van der Waals surface area contributed by atoms with E-state index < -0.39 is 0 Å². The maximum Gasteiger partial charge on any atom is 0.272 e. The SMILES string of the molecule is Cc1ccc(NC(=O)c2cc3cc(N)ccc3[nH]2)cc1C. The van der Waals surface area contributed by atoms with Crippen LogP contribution in [0.5, 0.6) is 0 Å². The first kappa shape index (κ1) is 13.2. The van der Waals surface area contributed by atoms with Crippen LogP contribution in [0.25, 0.3) is 10.9 Å². The monoisotopic (exact) mass is 279 g/mol. The van der Waals surface area contributed by atoms with Crippen molar-refractivity contribution in [3.63, 3.8) is 0 Å². The molecule has 0 bridgehead atoms. The lowest BCUT2D eigenvalue weighted by Crippen LogP contribution is -2.12. The standard InChI is InChI=1S/C17H17N3O/c1-10-3-5-14(7-11(10)2)19-17(21)16-9-12-8-13(18)4-6-15(12)20-16/h3-9,20H,18H2,1-2H3,(H,19,21). The molecule has 0 saturated heterocycles. The van der Waals surface area contributed by atoms with E-state index in [1.54, 1.807) is 0 Å². The number of fused-ring (bicyclic) bond motifs is 1. The molecule has 4 N–H and O–H groups in total. The molecule has 0 atom stereocenters. The fourth-order valence-electron chi connectivity index (χ4n) is 2.29. The van der Waals surface area contributed by atoms with E-state index >= 15 is 0 Å². The number of hydrogen-bond donors (Lipinski definition) is 3. The third kappa shape index (κ3) is 2.60. The van der Waals surface area contributed by atoms with Gasteiger partial charge in [-0.05, 0) is 61.4 Å². The van der Waals surface area contributed by atoms with Crippen molar-refractivity contribution in [1.29, 1.82) is 0 Å². The van der Waals surface area contributed by atoms with Gasteiger partial charge in [0, 0.05) is 22.3 Å². The van der Waals surface area contributed by atoms with Crippen molar-refractivity contribution >= 4 is 28.2 Å². The van der Waals surface area contributed by atoms with Crippen molar-refractivity contribution in [3.05, 3.63) is 59.3 Å². The number of aryl methyl sites for hydroxylation is 2. The van der Waals surface area contributed by atoms with E-state index in [0.717, 1.165) is 22.2 Å². The van der Waals surface area contributed by atoms with Crippen molar-refractivity contribution in [2.75, 3.05) is 11.1 Å². The minimum atomic E-state index is -0.159. The van der Waals surface area contributed by atoms with Gasteiger partial charge in [-0.25, -0.2) is 0 Å². The highest BCUT2D eigenvalue weighted by Gasteiger charge is 2.10. The Morgan fingerprint density at radius 2 is 1.86 bits per heavy atom. The van der Waals surface area contributed by atoms with Crippen LogP contribution in [-0.4, -0.2) is 10.9 Å². The van der Waals surface area contributed by atoms with Gasteiger partial charge in [0.15, 0.2) is 0 Å². The molecule has 0 unspecified atom stereocenters. The lowest BCUT2D eigenvalue weighted by molar-refractivity contribution is 0.102. The number of aromatic nitrogens is 1. The zero-order valence-electron chi connectivity index (χ0n) is 12.0. The van der Waals surface area contributed by atoms with Gasteiger partial charge in [-0.1, -0.05) is 6.07 Å². The molecule has 0 saturated carbocycles. The number of nitrogens with one attached hydrogen (secondary N) is 2. The molecule has 4 nitrogen and oxygen atoms in total. The van der Waals surface area contributed by atoms with Crippen molar-refractivity contribution in [2.24, 2.45) is 0 Å². The molecule has 2 aromatic carbocycles. The van der Waals surface area contributed by atoms with E-state index in [1.165, 1.54) is 5.56 Å². The van der Waals surface area contributed by atoms with Crippen LogP contribution in [0, 0.1) is 13.8 Å². The molecule has 106 valence electrons. The van der Waals surface area contributed by atoms with Crippen molar-refractivity contribution in [3.8, 4) is 0 Å². The summed E-state index contributed by atoms with van der Waals surface area (Å²) in [7, 11) is 0. The van der Waals surface area contributed by atoms with Crippen LogP contribution in [0.4, 0.5) is 11.4 Å². The van der Waals surface area contributed by atoms with E-state index in [9.17, 15) is 4.79 Å². The van der Waals surface area contributed by atoms with Gasteiger partial charge in [-0.15, -0.1) is 0 Å². The van der Waals surface area contributed by atoms with Crippen molar-refractivity contribution in [2.45, 2.75) is 13.8 Å².